The molecule has 0 aliphatic carbocycles. The molecule has 2 aromatic rings. The molecule has 3 unspecified atom stereocenters. The third-order valence-corrected chi connectivity index (χ3v) is 7.93. The topological polar surface area (TPSA) is 133 Å². The van der Waals surface area contributed by atoms with E-state index < -0.39 is 33.6 Å². The number of methoxy groups -OCH3 is 1. The Kier molecular flexibility index (Phi) is 11.5. The Labute approximate surface area is 230 Å². The molecule has 0 bridgehead atoms. The Morgan fingerprint density at radius 2 is 1.95 bits per heavy atom. The normalized spacial score (nSPS) is 20.5. The predicted molar refractivity (Wildman–Crippen MR) is 145 cm³/mol. The van der Waals surface area contributed by atoms with Crippen molar-refractivity contribution in [1.29, 1.82) is 5.26 Å². The molecule has 1 fully saturated rings. The van der Waals surface area contributed by atoms with Crippen LogP contribution in [0.4, 0.5) is 0 Å². The highest BCUT2D eigenvalue weighted by Gasteiger charge is 2.37. The van der Waals surface area contributed by atoms with Gasteiger partial charge in [-0.25, -0.2) is 13.1 Å². The van der Waals surface area contributed by atoms with Gasteiger partial charge in [0.25, 0.3) is 0 Å². The fourth-order valence-corrected chi connectivity index (χ4v) is 5.56. The van der Waals surface area contributed by atoms with Crippen molar-refractivity contribution < 1.29 is 23.0 Å². The first-order valence-corrected chi connectivity index (χ1v) is 13.5. The van der Waals surface area contributed by atoms with E-state index in [0.717, 1.165) is 17.7 Å². The Bertz CT molecular complexity index is 1160. The van der Waals surface area contributed by atoms with Gasteiger partial charge in [-0.1, -0.05) is 18.2 Å². The zero-order valence-corrected chi connectivity index (χ0v) is 23.4. The summed E-state index contributed by atoms with van der Waals surface area (Å²) in [6, 6.07) is 14.7. The van der Waals surface area contributed by atoms with Crippen LogP contribution in [0.1, 0.15) is 19.4 Å². The van der Waals surface area contributed by atoms with Gasteiger partial charge in [0.2, 0.25) is 10.0 Å². The van der Waals surface area contributed by atoms with Gasteiger partial charge < -0.3 is 19.9 Å². The number of alkyl halides is 1. The summed E-state index contributed by atoms with van der Waals surface area (Å²) in [5, 5.41) is 25.0. The highest BCUT2D eigenvalue weighted by molar-refractivity contribution is 7.89. The van der Waals surface area contributed by atoms with Crippen LogP contribution in [-0.4, -0.2) is 69.4 Å². The number of nitriles is 1. The fourth-order valence-electron chi connectivity index (χ4n) is 3.90. The molecule has 4 N–H and O–H groups in total. The number of aliphatic hydroxyl groups is 1. The second kappa shape index (κ2) is 13.6. The largest absolute Gasteiger partial charge is 0.497 e. The smallest absolute Gasteiger partial charge is 0.241 e. The van der Waals surface area contributed by atoms with E-state index in [1.165, 1.54) is 12.1 Å². The van der Waals surface area contributed by atoms with Crippen molar-refractivity contribution in [2.24, 2.45) is 0 Å². The van der Waals surface area contributed by atoms with Crippen LogP contribution in [-0.2, 0) is 16.4 Å². The summed E-state index contributed by atoms with van der Waals surface area (Å²) in [5.74, 6) is 1.12. The quantitative estimate of drug-likeness (QED) is 0.284. The molecule has 0 spiro atoms. The molecule has 9 nitrogen and oxygen atoms in total. The van der Waals surface area contributed by atoms with Crippen LogP contribution < -0.4 is 24.8 Å². The molecule has 1 aliphatic rings. The number of halogens is 2. The molecule has 3 rings (SSSR count). The lowest BCUT2D eigenvalue weighted by molar-refractivity contribution is 0.0987. The third kappa shape index (κ3) is 9.00. The minimum Gasteiger partial charge on any atom is -0.497 e. The summed E-state index contributed by atoms with van der Waals surface area (Å²) in [4.78, 5) is 0.0116. The molecule has 0 radical (unpaired) electrons. The van der Waals surface area contributed by atoms with Crippen molar-refractivity contribution in [1.82, 2.24) is 15.4 Å². The number of sulfonamides is 1. The SMILES string of the molecule is COc1ccc(CC(C)(C)NC[C@@H](O)COc2cccc(S(=O)(=O)NC3CNC(C#N)C3Cl)c2)cc1.Cl. The molecule has 2 aromatic carbocycles. The monoisotopic (exact) mass is 572 g/mol. The summed E-state index contributed by atoms with van der Waals surface area (Å²) in [6.45, 7) is 4.65. The van der Waals surface area contributed by atoms with Gasteiger partial charge in [-0.15, -0.1) is 24.0 Å². The molecule has 4 atom stereocenters. The van der Waals surface area contributed by atoms with Crippen LogP contribution in [0.25, 0.3) is 0 Å². The number of benzene rings is 2. The van der Waals surface area contributed by atoms with Crippen LogP contribution >= 0.6 is 24.0 Å². The van der Waals surface area contributed by atoms with Gasteiger partial charge in [-0.3, -0.25) is 5.32 Å². The van der Waals surface area contributed by atoms with Gasteiger partial charge in [0.15, 0.2) is 0 Å². The van der Waals surface area contributed by atoms with Gasteiger partial charge in [-0.2, -0.15) is 5.26 Å². The van der Waals surface area contributed by atoms with Crippen LogP contribution in [0.15, 0.2) is 53.4 Å². The highest BCUT2D eigenvalue weighted by Crippen LogP contribution is 2.21. The number of hydrogen-bond acceptors (Lipinski definition) is 8. The van der Waals surface area contributed by atoms with E-state index in [-0.39, 0.29) is 36.0 Å². The van der Waals surface area contributed by atoms with E-state index >= 15 is 0 Å². The van der Waals surface area contributed by atoms with Crippen molar-refractivity contribution >= 4 is 34.0 Å². The molecule has 0 saturated carbocycles. The molecule has 37 heavy (non-hydrogen) atoms. The summed E-state index contributed by atoms with van der Waals surface area (Å²) in [7, 11) is -2.25. The molecular weight excluding hydrogens is 539 g/mol. The lowest BCUT2D eigenvalue weighted by Gasteiger charge is -2.28. The Morgan fingerprint density at radius 3 is 2.57 bits per heavy atom. The third-order valence-electron chi connectivity index (χ3n) is 5.89. The Hall–Kier alpha value is -2.10. The molecule has 0 aromatic heterocycles. The maximum atomic E-state index is 12.8. The predicted octanol–water partition coefficient (Wildman–Crippen LogP) is 2.22. The average molecular weight is 574 g/mol. The summed E-state index contributed by atoms with van der Waals surface area (Å²) in [6.07, 6.45) is -0.0465. The van der Waals surface area contributed by atoms with Gasteiger partial charge in [-0.05, 0) is 50.1 Å². The zero-order chi connectivity index (χ0) is 26.3. The average Bonchev–Trinajstić information content (AvgIpc) is 3.20. The molecule has 1 heterocycles. The number of aliphatic hydroxyl groups excluding tert-OH is 1. The van der Waals surface area contributed by atoms with Crippen LogP contribution in [0, 0.1) is 11.3 Å². The first-order chi connectivity index (χ1) is 17.0. The van der Waals surface area contributed by atoms with E-state index in [4.69, 9.17) is 26.3 Å². The maximum absolute atomic E-state index is 12.8. The Morgan fingerprint density at radius 1 is 1.24 bits per heavy atom. The van der Waals surface area contributed by atoms with Crippen LogP contribution in [0.3, 0.4) is 0 Å². The maximum Gasteiger partial charge on any atom is 0.241 e. The summed E-state index contributed by atoms with van der Waals surface area (Å²) < 4.78 is 39.0. The summed E-state index contributed by atoms with van der Waals surface area (Å²) >= 11 is 6.20. The number of hydrogen-bond donors (Lipinski definition) is 4. The molecule has 12 heteroatoms. The number of β-amino-alcohol motifs (C(OH)–C–C–N with tert-alkyl or cyclic N) is 1. The molecular formula is C25H34Cl2N4O5S. The lowest BCUT2D eigenvalue weighted by atomic mass is 9.94. The van der Waals surface area contributed by atoms with Gasteiger partial charge >= 0.3 is 0 Å². The van der Waals surface area contributed by atoms with Crippen molar-refractivity contribution in [2.45, 2.75) is 54.3 Å². The zero-order valence-electron chi connectivity index (χ0n) is 21.0. The van der Waals surface area contributed by atoms with Crippen molar-refractivity contribution in [3.05, 3.63) is 54.1 Å². The van der Waals surface area contributed by atoms with E-state index in [2.05, 4.69) is 29.2 Å². The van der Waals surface area contributed by atoms with Crippen molar-refractivity contribution in [3.8, 4) is 17.6 Å². The van der Waals surface area contributed by atoms with Gasteiger partial charge in [0.05, 0.1) is 29.5 Å². The van der Waals surface area contributed by atoms with E-state index in [0.29, 0.717) is 12.3 Å². The first-order valence-electron chi connectivity index (χ1n) is 11.6. The summed E-state index contributed by atoms with van der Waals surface area (Å²) in [5.41, 5.74) is 0.873. The number of nitrogens with zero attached hydrogens (tertiary/aromatic N) is 1. The number of nitrogens with one attached hydrogen (secondary N) is 3. The van der Waals surface area contributed by atoms with E-state index in [1.54, 1.807) is 19.2 Å². The molecule has 204 valence electrons. The standard InChI is InChI=1S/C25H33ClN4O5S.ClH/c1-25(2,12-17-7-9-19(34-3)10-8-17)29-14-18(31)16-35-20-5-4-6-21(11-20)36(32,33)30-23-15-28-22(13-27)24(23)26;/h4-11,18,22-24,28-31H,12,14-16H2,1-3H3;1H/t18-,22?,23?,24?;/m1./s1. The lowest BCUT2D eigenvalue weighted by Crippen LogP contribution is -2.46. The minimum absolute atomic E-state index is 0. The van der Waals surface area contributed by atoms with Crippen molar-refractivity contribution in [2.75, 3.05) is 26.8 Å². The van der Waals surface area contributed by atoms with E-state index in [9.17, 15) is 13.5 Å². The van der Waals surface area contributed by atoms with Crippen LogP contribution in [0.5, 0.6) is 11.5 Å². The van der Waals surface area contributed by atoms with Crippen LogP contribution in [0.2, 0.25) is 0 Å². The molecule has 1 aliphatic heterocycles. The van der Waals surface area contributed by atoms with E-state index in [1.807, 2.05) is 30.3 Å². The minimum atomic E-state index is -3.88. The molecule has 1 saturated heterocycles. The first kappa shape index (κ1) is 31.1. The molecule has 0 amide bonds. The van der Waals surface area contributed by atoms with Crippen molar-refractivity contribution in [3.63, 3.8) is 0 Å². The highest BCUT2D eigenvalue weighted by atomic mass is 35.5. The second-order valence-electron chi connectivity index (χ2n) is 9.42. The number of rotatable bonds is 12. The van der Waals surface area contributed by atoms with Gasteiger partial charge in [0, 0.05) is 24.7 Å². The fraction of sp³-hybridized carbons (Fsp3) is 0.480. The number of ether oxygens (including phenoxy) is 2. The second-order valence-corrected chi connectivity index (χ2v) is 11.6. The Balaban J connectivity index is 0.00000481. The van der Waals surface area contributed by atoms with Gasteiger partial charge in [0.1, 0.15) is 30.3 Å².